The molecule has 18 heavy (non-hydrogen) atoms. The fraction of sp³-hybridized carbons (Fsp3) is 0.500. The van der Waals surface area contributed by atoms with Crippen LogP contribution >= 0.6 is 23.4 Å². The van der Waals surface area contributed by atoms with E-state index in [2.05, 4.69) is 12.2 Å². The van der Waals surface area contributed by atoms with Crippen LogP contribution in [0.25, 0.3) is 0 Å². The van der Waals surface area contributed by atoms with E-state index in [1.165, 1.54) is 18.0 Å². The third kappa shape index (κ3) is 6.09. The minimum atomic E-state index is -2.90. The first kappa shape index (κ1) is 15.8. The molecule has 1 N–H and O–H groups in total. The summed E-state index contributed by atoms with van der Waals surface area (Å²) in [6, 6.07) is 5.88. The number of benzene rings is 1. The van der Waals surface area contributed by atoms with Gasteiger partial charge in [-0.1, -0.05) is 24.6 Å². The van der Waals surface area contributed by atoms with E-state index in [0.29, 0.717) is 10.8 Å². The molecule has 0 heterocycles. The maximum Gasteiger partial charge on any atom is 0.148 e. The summed E-state index contributed by atoms with van der Waals surface area (Å²) in [5.74, 6) is 0.707. The lowest BCUT2D eigenvalue weighted by atomic mass is 10.2. The molecule has 1 rings (SSSR count). The first-order valence-electron chi connectivity index (χ1n) is 5.72. The summed E-state index contributed by atoms with van der Waals surface area (Å²) >= 11 is 7.64. The van der Waals surface area contributed by atoms with Gasteiger partial charge in [-0.25, -0.2) is 8.42 Å². The Morgan fingerprint density at radius 2 is 2.11 bits per heavy atom. The molecule has 0 spiro atoms. The molecule has 0 aliphatic heterocycles. The highest BCUT2D eigenvalue weighted by molar-refractivity contribution is 8.00. The van der Waals surface area contributed by atoms with Crippen LogP contribution in [0.1, 0.15) is 12.5 Å². The Morgan fingerprint density at radius 3 is 2.67 bits per heavy atom. The van der Waals surface area contributed by atoms with Crippen molar-refractivity contribution in [3.05, 3.63) is 28.8 Å². The highest BCUT2D eigenvalue weighted by Gasteiger charge is 2.06. The Balaban J connectivity index is 2.57. The van der Waals surface area contributed by atoms with Crippen molar-refractivity contribution in [3.63, 3.8) is 0 Å². The van der Waals surface area contributed by atoms with Crippen LogP contribution in [0.3, 0.4) is 0 Å². The van der Waals surface area contributed by atoms with Gasteiger partial charge >= 0.3 is 0 Å². The Bertz CT molecular complexity index is 489. The number of sulfone groups is 1. The molecule has 0 bridgehead atoms. The minimum Gasteiger partial charge on any atom is -0.313 e. The van der Waals surface area contributed by atoms with Crippen molar-refractivity contribution < 1.29 is 8.42 Å². The summed E-state index contributed by atoms with van der Waals surface area (Å²) < 4.78 is 22.0. The number of nitrogens with one attached hydrogen (secondary N) is 1. The van der Waals surface area contributed by atoms with Gasteiger partial charge in [0, 0.05) is 23.4 Å². The maximum absolute atomic E-state index is 11.0. The third-order valence-corrected chi connectivity index (χ3v) is 4.99. The van der Waals surface area contributed by atoms with Crippen LogP contribution in [0.5, 0.6) is 0 Å². The topological polar surface area (TPSA) is 46.2 Å². The van der Waals surface area contributed by atoms with Crippen molar-refractivity contribution in [2.45, 2.75) is 18.4 Å². The van der Waals surface area contributed by atoms with Crippen molar-refractivity contribution in [2.24, 2.45) is 0 Å². The molecule has 0 atom stereocenters. The number of rotatable bonds is 7. The predicted molar refractivity (Wildman–Crippen MR) is 79.3 cm³/mol. The Morgan fingerprint density at radius 1 is 1.39 bits per heavy atom. The molecular formula is C12H18ClNO2S2. The summed E-state index contributed by atoms with van der Waals surface area (Å²) in [7, 11) is -2.90. The number of hydrogen-bond donors (Lipinski definition) is 1. The van der Waals surface area contributed by atoms with E-state index in [4.69, 9.17) is 11.6 Å². The standard InChI is InChI=1S/C12H18ClNO2S2/c1-3-14-9-10-4-5-12(11(13)8-10)17-6-7-18(2,15)16/h4-5,8,14H,3,6-7,9H2,1-2H3. The molecule has 0 fully saturated rings. The van der Waals surface area contributed by atoms with Gasteiger partial charge < -0.3 is 5.32 Å². The van der Waals surface area contributed by atoms with Crippen molar-refractivity contribution in [2.75, 3.05) is 24.3 Å². The summed E-state index contributed by atoms with van der Waals surface area (Å²) in [5, 5.41) is 3.91. The van der Waals surface area contributed by atoms with Crippen LogP contribution in [0.4, 0.5) is 0 Å². The smallest absolute Gasteiger partial charge is 0.148 e. The molecule has 1 aromatic carbocycles. The van der Waals surface area contributed by atoms with E-state index in [1.54, 1.807) is 0 Å². The van der Waals surface area contributed by atoms with Gasteiger partial charge in [-0.15, -0.1) is 11.8 Å². The zero-order valence-electron chi connectivity index (χ0n) is 10.6. The monoisotopic (exact) mass is 307 g/mol. The van der Waals surface area contributed by atoms with Gasteiger partial charge in [0.1, 0.15) is 9.84 Å². The molecular weight excluding hydrogens is 290 g/mol. The van der Waals surface area contributed by atoms with Crippen LogP contribution in [0.2, 0.25) is 5.02 Å². The SMILES string of the molecule is CCNCc1ccc(SCCS(C)(=O)=O)c(Cl)c1. The molecule has 0 radical (unpaired) electrons. The average Bonchev–Trinajstić information content (AvgIpc) is 2.27. The first-order chi connectivity index (χ1) is 8.42. The highest BCUT2D eigenvalue weighted by Crippen LogP contribution is 2.28. The number of thioether (sulfide) groups is 1. The van der Waals surface area contributed by atoms with Crippen LogP contribution in [0, 0.1) is 0 Å². The molecule has 0 unspecified atom stereocenters. The molecule has 0 aliphatic rings. The van der Waals surface area contributed by atoms with Gasteiger partial charge in [0.2, 0.25) is 0 Å². The Hall–Kier alpha value is -0.230. The maximum atomic E-state index is 11.0. The third-order valence-electron chi connectivity index (χ3n) is 2.29. The van der Waals surface area contributed by atoms with Gasteiger partial charge in [0.25, 0.3) is 0 Å². The summed E-state index contributed by atoms with van der Waals surface area (Å²) in [6.45, 7) is 3.77. The van der Waals surface area contributed by atoms with Crippen LogP contribution < -0.4 is 5.32 Å². The normalized spacial score (nSPS) is 11.7. The van der Waals surface area contributed by atoms with E-state index in [9.17, 15) is 8.42 Å². The molecule has 0 amide bonds. The van der Waals surface area contributed by atoms with Crippen molar-refractivity contribution >= 4 is 33.2 Å². The zero-order valence-corrected chi connectivity index (χ0v) is 13.0. The van der Waals surface area contributed by atoms with E-state index in [1.807, 2.05) is 18.2 Å². The quantitative estimate of drug-likeness (QED) is 0.787. The molecule has 6 heteroatoms. The molecule has 1 aromatic rings. The van der Waals surface area contributed by atoms with E-state index < -0.39 is 9.84 Å². The number of halogens is 1. The number of hydrogen-bond acceptors (Lipinski definition) is 4. The predicted octanol–water partition coefficient (Wildman–Crippen LogP) is 2.59. The van der Waals surface area contributed by atoms with Crippen molar-refractivity contribution in [1.29, 1.82) is 0 Å². The van der Waals surface area contributed by atoms with Crippen LogP contribution in [0.15, 0.2) is 23.1 Å². The summed E-state index contributed by atoms with van der Waals surface area (Å²) in [5.41, 5.74) is 1.13. The lowest BCUT2D eigenvalue weighted by Crippen LogP contribution is -2.11. The largest absolute Gasteiger partial charge is 0.313 e. The Kier molecular flexibility index (Phi) is 6.49. The molecule has 0 saturated carbocycles. The van der Waals surface area contributed by atoms with Gasteiger partial charge in [-0.05, 0) is 24.2 Å². The summed E-state index contributed by atoms with van der Waals surface area (Å²) in [4.78, 5) is 0.931. The molecule has 0 saturated heterocycles. The van der Waals surface area contributed by atoms with Crippen molar-refractivity contribution in [3.8, 4) is 0 Å². The molecule has 0 aliphatic carbocycles. The lowest BCUT2D eigenvalue weighted by molar-refractivity contribution is 0.603. The van der Waals surface area contributed by atoms with Gasteiger partial charge in [0.15, 0.2) is 0 Å². The molecule has 0 aromatic heterocycles. The van der Waals surface area contributed by atoms with Gasteiger partial charge in [-0.2, -0.15) is 0 Å². The second-order valence-electron chi connectivity index (χ2n) is 4.02. The fourth-order valence-corrected chi connectivity index (χ4v) is 3.84. The molecule has 102 valence electrons. The average molecular weight is 308 g/mol. The van der Waals surface area contributed by atoms with Gasteiger partial charge in [-0.3, -0.25) is 0 Å². The van der Waals surface area contributed by atoms with E-state index in [-0.39, 0.29) is 5.75 Å². The summed E-state index contributed by atoms with van der Waals surface area (Å²) in [6.07, 6.45) is 1.24. The zero-order chi connectivity index (χ0) is 13.6. The van der Waals surface area contributed by atoms with Crippen LogP contribution in [-0.4, -0.2) is 32.7 Å². The van der Waals surface area contributed by atoms with E-state index >= 15 is 0 Å². The Labute approximate surface area is 118 Å². The second kappa shape index (κ2) is 7.38. The van der Waals surface area contributed by atoms with Crippen LogP contribution in [-0.2, 0) is 16.4 Å². The fourth-order valence-electron chi connectivity index (χ4n) is 1.34. The lowest BCUT2D eigenvalue weighted by Gasteiger charge is -2.07. The van der Waals surface area contributed by atoms with Gasteiger partial charge in [0.05, 0.1) is 10.8 Å². The molecule has 3 nitrogen and oxygen atoms in total. The van der Waals surface area contributed by atoms with E-state index in [0.717, 1.165) is 23.5 Å². The second-order valence-corrected chi connectivity index (χ2v) is 7.83. The van der Waals surface area contributed by atoms with Crippen molar-refractivity contribution in [1.82, 2.24) is 5.32 Å². The highest BCUT2D eigenvalue weighted by atomic mass is 35.5. The minimum absolute atomic E-state index is 0.174. The first-order valence-corrected chi connectivity index (χ1v) is 9.14.